The molecule has 0 radical (unpaired) electrons. The van der Waals surface area contributed by atoms with Gasteiger partial charge >= 0.3 is 0 Å². The predicted molar refractivity (Wildman–Crippen MR) is 106 cm³/mol. The average molecular weight is 350 g/mol. The van der Waals surface area contributed by atoms with Gasteiger partial charge in [0.05, 0.1) is 5.69 Å². The minimum atomic E-state index is -0.0895. The van der Waals surface area contributed by atoms with Crippen molar-refractivity contribution in [3.8, 4) is 10.6 Å². The van der Waals surface area contributed by atoms with E-state index in [0.717, 1.165) is 33.1 Å². The number of rotatable bonds is 4. The SMILES string of the molecule is Cc1cccc(C(C)C)c1NC(=O)c1sc(-c2ccccc2)nc1C. The number of aromatic nitrogens is 1. The van der Waals surface area contributed by atoms with Crippen LogP contribution in [0, 0.1) is 13.8 Å². The largest absolute Gasteiger partial charge is 0.321 e. The molecule has 0 bridgehead atoms. The number of para-hydroxylation sites is 1. The lowest BCUT2D eigenvalue weighted by atomic mass is 9.98. The summed E-state index contributed by atoms with van der Waals surface area (Å²) in [4.78, 5) is 18.1. The van der Waals surface area contributed by atoms with E-state index >= 15 is 0 Å². The number of carbonyl (C=O) groups excluding carboxylic acids is 1. The van der Waals surface area contributed by atoms with E-state index in [0.29, 0.717) is 10.8 Å². The number of aryl methyl sites for hydroxylation is 2. The first-order valence-electron chi connectivity index (χ1n) is 8.41. The minimum absolute atomic E-state index is 0.0895. The summed E-state index contributed by atoms with van der Waals surface area (Å²) in [6.45, 7) is 8.18. The summed E-state index contributed by atoms with van der Waals surface area (Å²) in [5, 5.41) is 3.99. The van der Waals surface area contributed by atoms with Gasteiger partial charge in [-0.15, -0.1) is 11.3 Å². The van der Waals surface area contributed by atoms with Gasteiger partial charge in [-0.05, 0) is 30.9 Å². The molecule has 0 aliphatic heterocycles. The third kappa shape index (κ3) is 3.64. The Balaban J connectivity index is 1.92. The number of anilines is 1. The second-order valence-corrected chi connectivity index (χ2v) is 7.45. The van der Waals surface area contributed by atoms with Gasteiger partial charge in [0.1, 0.15) is 9.88 Å². The van der Waals surface area contributed by atoms with Crippen molar-refractivity contribution in [3.05, 3.63) is 70.2 Å². The van der Waals surface area contributed by atoms with Crippen LogP contribution in [0.2, 0.25) is 0 Å². The molecular weight excluding hydrogens is 328 g/mol. The Morgan fingerprint density at radius 3 is 2.44 bits per heavy atom. The molecule has 1 heterocycles. The van der Waals surface area contributed by atoms with Crippen LogP contribution >= 0.6 is 11.3 Å². The van der Waals surface area contributed by atoms with Gasteiger partial charge in [0.25, 0.3) is 5.91 Å². The Bertz CT molecular complexity index is 898. The fraction of sp³-hybridized carbons (Fsp3) is 0.238. The van der Waals surface area contributed by atoms with Crippen LogP contribution in [0.15, 0.2) is 48.5 Å². The molecule has 0 saturated carbocycles. The summed E-state index contributed by atoms with van der Waals surface area (Å²) in [6.07, 6.45) is 0. The highest BCUT2D eigenvalue weighted by atomic mass is 32.1. The van der Waals surface area contributed by atoms with Crippen LogP contribution in [0.4, 0.5) is 5.69 Å². The van der Waals surface area contributed by atoms with E-state index in [4.69, 9.17) is 0 Å². The molecular formula is C21H22N2OS. The van der Waals surface area contributed by atoms with E-state index in [-0.39, 0.29) is 5.91 Å². The Kier molecular flexibility index (Phi) is 5.00. The summed E-state index contributed by atoms with van der Waals surface area (Å²) in [5.41, 5.74) is 4.94. The second-order valence-electron chi connectivity index (χ2n) is 6.45. The molecule has 0 spiro atoms. The molecule has 1 aromatic heterocycles. The van der Waals surface area contributed by atoms with Crippen LogP contribution in [0.25, 0.3) is 10.6 Å². The first-order valence-corrected chi connectivity index (χ1v) is 9.22. The maximum atomic E-state index is 12.9. The number of amides is 1. The lowest BCUT2D eigenvalue weighted by Crippen LogP contribution is -2.14. The van der Waals surface area contributed by atoms with Crippen LogP contribution in [0.3, 0.4) is 0 Å². The number of hydrogen-bond acceptors (Lipinski definition) is 3. The number of benzene rings is 2. The summed E-state index contributed by atoms with van der Waals surface area (Å²) in [5.74, 6) is 0.256. The standard InChI is InChI=1S/C21H22N2OS/c1-13(2)17-12-8-9-14(3)18(17)23-20(24)19-15(4)22-21(25-19)16-10-6-5-7-11-16/h5-13H,1-4H3,(H,23,24). The first-order chi connectivity index (χ1) is 12.0. The van der Waals surface area contributed by atoms with Crippen LogP contribution in [0.1, 0.15) is 46.3 Å². The van der Waals surface area contributed by atoms with Crippen molar-refractivity contribution < 1.29 is 4.79 Å². The molecule has 4 heteroatoms. The third-order valence-electron chi connectivity index (χ3n) is 4.19. The molecule has 0 saturated heterocycles. The zero-order valence-electron chi connectivity index (χ0n) is 15.0. The molecule has 1 N–H and O–H groups in total. The lowest BCUT2D eigenvalue weighted by molar-refractivity contribution is 0.102. The maximum absolute atomic E-state index is 12.9. The highest BCUT2D eigenvalue weighted by Crippen LogP contribution is 2.31. The fourth-order valence-corrected chi connectivity index (χ4v) is 3.79. The number of hydrogen-bond donors (Lipinski definition) is 1. The number of nitrogens with one attached hydrogen (secondary N) is 1. The summed E-state index contributed by atoms with van der Waals surface area (Å²) >= 11 is 1.44. The van der Waals surface area contributed by atoms with Gasteiger partial charge in [-0.25, -0.2) is 4.98 Å². The Hall–Kier alpha value is -2.46. The van der Waals surface area contributed by atoms with E-state index < -0.39 is 0 Å². The summed E-state index contributed by atoms with van der Waals surface area (Å²) in [7, 11) is 0. The van der Waals surface area contributed by atoms with E-state index in [1.807, 2.05) is 56.3 Å². The van der Waals surface area contributed by atoms with Crippen molar-refractivity contribution >= 4 is 22.9 Å². The van der Waals surface area contributed by atoms with Gasteiger partial charge in [0.15, 0.2) is 0 Å². The Morgan fingerprint density at radius 2 is 1.76 bits per heavy atom. The normalized spacial score (nSPS) is 10.9. The van der Waals surface area contributed by atoms with Crippen molar-refractivity contribution in [2.75, 3.05) is 5.32 Å². The average Bonchev–Trinajstić information content (AvgIpc) is 2.99. The van der Waals surface area contributed by atoms with Gasteiger partial charge in [-0.3, -0.25) is 4.79 Å². The van der Waals surface area contributed by atoms with Crippen molar-refractivity contribution in [3.63, 3.8) is 0 Å². The molecule has 0 atom stereocenters. The topological polar surface area (TPSA) is 42.0 Å². The van der Waals surface area contributed by atoms with Crippen LogP contribution in [-0.2, 0) is 0 Å². The van der Waals surface area contributed by atoms with Crippen LogP contribution in [-0.4, -0.2) is 10.9 Å². The molecule has 0 aliphatic carbocycles. The molecule has 128 valence electrons. The molecule has 3 rings (SSSR count). The van der Waals surface area contributed by atoms with Crippen molar-refractivity contribution in [2.45, 2.75) is 33.6 Å². The molecule has 2 aromatic carbocycles. The first kappa shape index (κ1) is 17.4. The Labute approximate surface area is 152 Å². The fourth-order valence-electron chi connectivity index (χ4n) is 2.82. The van der Waals surface area contributed by atoms with Gasteiger partial charge in [0, 0.05) is 11.3 Å². The second kappa shape index (κ2) is 7.19. The van der Waals surface area contributed by atoms with Crippen molar-refractivity contribution in [1.29, 1.82) is 0 Å². The van der Waals surface area contributed by atoms with E-state index in [9.17, 15) is 4.79 Å². The monoisotopic (exact) mass is 350 g/mol. The van der Waals surface area contributed by atoms with Crippen molar-refractivity contribution in [1.82, 2.24) is 4.98 Å². The van der Waals surface area contributed by atoms with Gasteiger partial charge in [-0.2, -0.15) is 0 Å². The zero-order valence-corrected chi connectivity index (χ0v) is 15.8. The third-order valence-corrected chi connectivity index (χ3v) is 5.39. The number of thiazole rings is 1. The minimum Gasteiger partial charge on any atom is -0.321 e. The molecule has 1 amide bonds. The lowest BCUT2D eigenvalue weighted by Gasteiger charge is -2.16. The van der Waals surface area contributed by atoms with E-state index in [1.54, 1.807) is 0 Å². The van der Waals surface area contributed by atoms with E-state index in [1.165, 1.54) is 11.3 Å². The van der Waals surface area contributed by atoms with E-state index in [2.05, 4.69) is 30.2 Å². The smallest absolute Gasteiger partial charge is 0.267 e. The van der Waals surface area contributed by atoms with Gasteiger partial charge in [0.2, 0.25) is 0 Å². The highest BCUT2D eigenvalue weighted by molar-refractivity contribution is 7.17. The van der Waals surface area contributed by atoms with Gasteiger partial charge in [-0.1, -0.05) is 62.4 Å². The Morgan fingerprint density at radius 1 is 1.04 bits per heavy atom. The predicted octanol–water partition coefficient (Wildman–Crippen LogP) is 5.80. The van der Waals surface area contributed by atoms with Gasteiger partial charge < -0.3 is 5.32 Å². The molecule has 3 nitrogen and oxygen atoms in total. The maximum Gasteiger partial charge on any atom is 0.267 e. The molecule has 0 unspecified atom stereocenters. The summed E-state index contributed by atoms with van der Waals surface area (Å²) < 4.78 is 0. The summed E-state index contributed by atoms with van der Waals surface area (Å²) in [6, 6.07) is 16.1. The quantitative estimate of drug-likeness (QED) is 0.646. The highest BCUT2D eigenvalue weighted by Gasteiger charge is 2.19. The number of carbonyl (C=O) groups is 1. The molecule has 0 fully saturated rings. The number of nitrogens with zero attached hydrogens (tertiary/aromatic N) is 1. The molecule has 25 heavy (non-hydrogen) atoms. The molecule has 3 aromatic rings. The van der Waals surface area contributed by atoms with Crippen LogP contribution < -0.4 is 5.32 Å². The van der Waals surface area contributed by atoms with Crippen LogP contribution in [0.5, 0.6) is 0 Å². The van der Waals surface area contributed by atoms with Crippen molar-refractivity contribution in [2.24, 2.45) is 0 Å². The molecule has 0 aliphatic rings. The zero-order chi connectivity index (χ0) is 18.0.